The molecule has 4 heteroatoms. The Bertz CT molecular complexity index is 337. The van der Waals surface area contributed by atoms with Gasteiger partial charge in [0.2, 0.25) is 0 Å². The fourth-order valence-electron chi connectivity index (χ4n) is 1.45. The van der Waals surface area contributed by atoms with Gasteiger partial charge in [0, 0.05) is 12.2 Å². The van der Waals surface area contributed by atoms with Crippen LogP contribution in [0.4, 0.5) is 5.82 Å². The normalized spacial score (nSPS) is 17.9. The smallest absolute Gasteiger partial charge is 0.145 e. The zero-order chi connectivity index (χ0) is 10.1. The van der Waals surface area contributed by atoms with Gasteiger partial charge in [0.1, 0.15) is 5.82 Å². The second-order valence-electron chi connectivity index (χ2n) is 3.75. The van der Waals surface area contributed by atoms with Crippen molar-refractivity contribution in [2.45, 2.75) is 25.8 Å². The van der Waals surface area contributed by atoms with Gasteiger partial charge in [-0.2, -0.15) is 0 Å². The van der Waals surface area contributed by atoms with E-state index in [0.29, 0.717) is 16.1 Å². The molecule has 0 spiro atoms. The maximum Gasteiger partial charge on any atom is 0.145 e. The molecular weight excluding hydrogens is 219 g/mol. The summed E-state index contributed by atoms with van der Waals surface area (Å²) >= 11 is 11.7. The van der Waals surface area contributed by atoms with Crippen LogP contribution in [0.3, 0.4) is 0 Å². The molecule has 0 amide bonds. The van der Waals surface area contributed by atoms with E-state index in [4.69, 9.17) is 23.2 Å². The van der Waals surface area contributed by atoms with E-state index in [9.17, 15) is 0 Å². The Hall–Kier alpha value is -0.470. The average Bonchev–Trinajstić information content (AvgIpc) is 2.92. The maximum atomic E-state index is 5.99. The predicted molar refractivity (Wildman–Crippen MR) is 60.1 cm³/mol. The third kappa shape index (κ3) is 2.31. The van der Waals surface area contributed by atoms with Gasteiger partial charge in [0.25, 0.3) is 0 Å². The highest BCUT2D eigenvalue weighted by molar-refractivity contribution is 6.35. The monoisotopic (exact) mass is 230 g/mol. The molecule has 0 aliphatic heterocycles. The SMILES string of the molecule is CC(Nc1ncc(Cl)cc1Cl)C1CC1. The quantitative estimate of drug-likeness (QED) is 0.859. The number of aromatic nitrogens is 1. The minimum absolute atomic E-state index is 0.446. The van der Waals surface area contributed by atoms with E-state index in [1.807, 2.05) is 0 Å². The van der Waals surface area contributed by atoms with Gasteiger partial charge in [0.15, 0.2) is 0 Å². The van der Waals surface area contributed by atoms with Crippen LogP contribution in [0.15, 0.2) is 12.3 Å². The first-order valence-electron chi connectivity index (χ1n) is 4.74. The highest BCUT2D eigenvalue weighted by Crippen LogP contribution is 2.34. The Kier molecular flexibility index (Phi) is 2.84. The van der Waals surface area contributed by atoms with E-state index in [2.05, 4.69) is 17.2 Å². The number of pyridine rings is 1. The molecule has 76 valence electrons. The zero-order valence-electron chi connectivity index (χ0n) is 7.93. The van der Waals surface area contributed by atoms with Gasteiger partial charge in [0.05, 0.1) is 10.0 Å². The molecule has 2 rings (SSSR count). The lowest BCUT2D eigenvalue weighted by atomic mass is 10.2. The fourth-order valence-corrected chi connectivity index (χ4v) is 1.89. The molecule has 1 aliphatic rings. The van der Waals surface area contributed by atoms with Crippen molar-refractivity contribution in [2.24, 2.45) is 5.92 Å². The summed E-state index contributed by atoms with van der Waals surface area (Å²) in [5.74, 6) is 1.51. The summed E-state index contributed by atoms with van der Waals surface area (Å²) in [4.78, 5) is 4.15. The summed E-state index contributed by atoms with van der Waals surface area (Å²) in [6.45, 7) is 2.16. The molecule has 0 saturated heterocycles. The second-order valence-corrected chi connectivity index (χ2v) is 4.60. The number of nitrogens with one attached hydrogen (secondary N) is 1. The molecule has 1 aliphatic carbocycles. The molecule has 1 unspecified atom stereocenters. The molecule has 14 heavy (non-hydrogen) atoms. The third-order valence-electron chi connectivity index (χ3n) is 2.50. The summed E-state index contributed by atoms with van der Waals surface area (Å²) in [7, 11) is 0. The molecular formula is C10H12Cl2N2. The van der Waals surface area contributed by atoms with Crippen LogP contribution in [0, 0.1) is 5.92 Å². The zero-order valence-corrected chi connectivity index (χ0v) is 9.44. The van der Waals surface area contributed by atoms with E-state index in [1.54, 1.807) is 12.3 Å². The number of rotatable bonds is 3. The molecule has 2 nitrogen and oxygen atoms in total. The second kappa shape index (κ2) is 3.95. The topological polar surface area (TPSA) is 24.9 Å². The van der Waals surface area contributed by atoms with Crippen molar-refractivity contribution >= 4 is 29.0 Å². The summed E-state index contributed by atoms with van der Waals surface area (Å²) < 4.78 is 0. The van der Waals surface area contributed by atoms with Crippen LogP contribution < -0.4 is 5.32 Å². The highest BCUT2D eigenvalue weighted by atomic mass is 35.5. The molecule has 1 aromatic heterocycles. The van der Waals surface area contributed by atoms with Crippen LogP contribution in [-0.4, -0.2) is 11.0 Å². The predicted octanol–water partition coefficient (Wildman–Crippen LogP) is 3.60. The Balaban J connectivity index is 2.07. The molecule has 0 bridgehead atoms. The van der Waals surface area contributed by atoms with Crippen molar-refractivity contribution in [2.75, 3.05) is 5.32 Å². The van der Waals surface area contributed by atoms with Crippen molar-refractivity contribution < 1.29 is 0 Å². The van der Waals surface area contributed by atoms with Crippen LogP contribution >= 0.6 is 23.2 Å². The van der Waals surface area contributed by atoms with Crippen LogP contribution in [0.2, 0.25) is 10.0 Å². The van der Waals surface area contributed by atoms with Gasteiger partial charge in [-0.15, -0.1) is 0 Å². The molecule has 0 radical (unpaired) electrons. The minimum atomic E-state index is 0.446. The van der Waals surface area contributed by atoms with Gasteiger partial charge in [-0.3, -0.25) is 0 Å². The lowest BCUT2D eigenvalue weighted by Gasteiger charge is -2.14. The summed E-state index contributed by atoms with van der Waals surface area (Å²) in [5, 5.41) is 4.45. The van der Waals surface area contributed by atoms with Crippen molar-refractivity contribution in [1.29, 1.82) is 0 Å². The Labute approximate surface area is 93.6 Å². The Morgan fingerprint density at radius 2 is 2.21 bits per heavy atom. The van der Waals surface area contributed by atoms with Gasteiger partial charge >= 0.3 is 0 Å². The largest absolute Gasteiger partial charge is 0.366 e. The number of hydrogen-bond acceptors (Lipinski definition) is 2. The lowest BCUT2D eigenvalue weighted by molar-refractivity contribution is 0.691. The average molecular weight is 231 g/mol. The van der Waals surface area contributed by atoms with Crippen molar-refractivity contribution in [3.05, 3.63) is 22.3 Å². The standard InChI is InChI=1S/C10H12Cl2N2/c1-6(7-2-3-7)14-10-9(12)4-8(11)5-13-10/h4-7H,2-3H2,1H3,(H,13,14). The Morgan fingerprint density at radius 3 is 2.79 bits per heavy atom. The van der Waals surface area contributed by atoms with Gasteiger partial charge in [-0.05, 0) is 31.7 Å². The van der Waals surface area contributed by atoms with Crippen LogP contribution in [-0.2, 0) is 0 Å². The number of hydrogen-bond donors (Lipinski definition) is 1. The van der Waals surface area contributed by atoms with Gasteiger partial charge in [-0.1, -0.05) is 23.2 Å². The number of halogens is 2. The van der Waals surface area contributed by atoms with Crippen LogP contribution in [0.25, 0.3) is 0 Å². The summed E-state index contributed by atoms with van der Waals surface area (Å²) in [5.41, 5.74) is 0. The molecule has 1 fully saturated rings. The fraction of sp³-hybridized carbons (Fsp3) is 0.500. The number of anilines is 1. The van der Waals surface area contributed by atoms with Crippen LogP contribution in [0.1, 0.15) is 19.8 Å². The number of nitrogens with zero attached hydrogens (tertiary/aromatic N) is 1. The van der Waals surface area contributed by atoms with E-state index in [-0.39, 0.29) is 0 Å². The molecule has 1 N–H and O–H groups in total. The van der Waals surface area contributed by atoms with E-state index in [0.717, 1.165) is 11.7 Å². The van der Waals surface area contributed by atoms with Gasteiger partial charge < -0.3 is 5.32 Å². The molecule has 1 aromatic rings. The van der Waals surface area contributed by atoms with Crippen molar-refractivity contribution in [3.63, 3.8) is 0 Å². The van der Waals surface area contributed by atoms with Crippen molar-refractivity contribution in [1.82, 2.24) is 4.98 Å². The minimum Gasteiger partial charge on any atom is -0.366 e. The first-order valence-corrected chi connectivity index (χ1v) is 5.50. The summed E-state index contributed by atoms with van der Waals surface area (Å²) in [6.07, 6.45) is 4.22. The summed E-state index contributed by atoms with van der Waals surface area (Å²) in [6, 6.07) is 2.15. The first-order chi connectivity index (χ1) is 6.66. The van der Waals surface area contributed by atoms with Crippen molar-refractivity contribution in [3.8, 4) is 0 Å². The first kappa shape index (κ1) is 10.1. The van der Waals surface area contributed by atoms with Crippen LogP contribution in [0.5, 0.6) is 0 Å². The molecule has 1 heterocycles. The van der Waals surface area contributed by atoms with E-state index >= 15 is 0 Å². The maximum absolute atomic E-state index is 5.99. The highest BCUT2D eigenvalue weighted by Gasteiger charge is 2.28. The molecule has 1 saturated carbocycles. The molecule has 1 atom stereocenters. The third-order valence-corrected chi connectivity index (χ3v) is 3.00. The Morgan fingerprint density at radius 1 is 1.50 bits per heavy atom. The lowest BCUT2D eigenvalue weighted by Crippen LogP contribution is -2.18. The van der Waals surface area contributed by atoms with E-state index < -0.39 is 0 Å². The van der Waals surface area contributed by atoms with E-state index in [1.165, 1.54) is 12.8 Å². The van der Waals surface area contributed by atoms with Gasteiger partial charge in [-0.25, -0.2) is 4.98 Å². The molecule has 0 aromatic carbocycles.